The number of aromatic nitrogens is 2. The van der Waals surface area contributed by atoms with Crippen LogP contribution < -0.4 is 0 Å². The number of H-pyrrole nitrogens is 1. The van der Waals surface area contributed by atoms with E-state index in [2.05, 4.69) is 48.1 Å². The first kappa shape index (κ1) is 19.9. The zero-order valence-electron chi connectivity index (χ0n) is 14.8. The molecule has 1 aromatic carbocycles. The highest BCUT2D eigenvalue weighted by Crippen LogP contribution is 2.28. The molecule has 4 nitrogen and oxygen atoms in total. The summed E-state index contributed by atoms with van der Waals surface area (Å²) >= 11 is 0. The lowest BCUT2D eigenvalue weighted by atomic mass is 9.80. The maximum Gasteiger partial charge on any atom is 0.303 e. The van der Waals surface area contributed by atoms with E-state index in [9.17, 15) is 4.79 Å². The van der Waals surface area contributed by atoms with Crippen LogP contribution in [0, 0.1) is 11.8 Å². The van der Waals surface area contributed by atoms with Gasteiger partial charge in [0.1, 0.15) is 0 Å². The van der Waals surface area contributed by atoms with Crippen molar-refractivity contribution < 1.29 is 9.90 Å². The quantitative estimate of drug-likeness (QED) is 0.684. The normalized spacial score (nSPS) is 12.8. The Labute approximate surface area is 145 Å². The second-order valence-corrected chi connectivity index (χ2v) is 6.10. The highest BCUT2D eigenvalue weighted by molar-refractivity contribution is 5.67. The monoisotopic (exact) mass is 330 g/mol. The average molecular weight is 330 g/mol. The van der Waals surface area contributed by atoms with E-state index in [0.717, 1.165) is 32.1 Å². The Morgan fingerprint density at radius 1 is 1.17 bits per heavy atom. The fraction of sp³-hybridized carbons (Fsp3) is 0.500. The number of imidazole rings is 1. The number of carboxylic acid groups (broad SMARTS) is 1. The largest absolute Gasteiger partial charge is 0.481 e. The van der Waals surface area contributed by atoms with E-state index in [4.69, 9.17) is 5.11 Å². The SMILES string of the molecule is CCCC(CC(=O)O)C(CC)CCc1ccccc1.c1c[nH]cn1. The van der Waals surface area contributed by atoms with Gasteiger partial charge in [0.15, 0.2) is 0 Å². The first-order chi connectivity index (χ1) is 11.7. The molecule has 0 saturated carbocycles. The van der Waals surface area contributed by atoms with Gasteiger partial charge >= 0.3 is 5.97 Å². The molecule has 132 valence electrons. The van der Waals surface area contributed by atoms with Crippen LogP contribution in [0.25, 0.3) is 0 Å². The number of nitrogens with zero attached hydrogens (tertiary/aromatic N) is 1. The summed E-state index contributed by atoms with van der Waals surface area (Å²) in [5.41, 5.74) is 1.35. The van der Waals surface area contributed by atoms with Crippen LogP contribution in [0.1, 0.15) is 51.5 Å². The number of carbonyl (C=O) groups is 1. The van der Waals surface area contributed by atoms with Gasteiger partial charge < -0.3 is 10.1 Å². The molecule has 2 rings (SSSR count). The van der Waals surface area contributed by atoms with Gasteiger partial charge in [-0.15, -0.1) is 0 Å². The van der Waals surface area contributed by atoms with Gasteiger partial charge in [-0.2, -0.15) is 0 Å². The maximum absolute atomic E-state index is 11.0. The number of aryl methyl sites for hydroxylation is 1. The molecular formula is C20H30N2O2. The molecule has 0 saturated heterocycles. The van der Waals surface area contributed by atoms with Gasteiger partial charge in [0.05, 0.1) is 6.33 Å². The van der Waals surface area contributed by atoms with Gasteiger partial charge in [-0.25, -0.2) is 4.98 Å². The number of hydrogen-bond donors (Lipinski definition) is 2. The molecule has 0 bridgehead atoms. The Morgan fingerprint density at radius 2 is 1.92 bits per heavy atom. The fourth-order valence-corrected chi connectivity index (χ4v) is 3.08. The molecule has 2 aromatic rings. The Bertz CT molecular complexity index is 509. The highest BCUT2D eigenvalue weighted by atomic mass is 16.4. The molecule has 2 unspecified atom stereocenters. The Hall–Kier alpha value is -2.10. The molecule has 0 aliphatic carbocycles. The first-order valence-corrected chi connectivity index (χ1v) is 8.85. The lowest BCUT2D eigenvalue weighted by Crippen LogP contribution is -2.18. The molecule has 0 amide bonds. The van der Waals surface area contributed by atoms with E-state index in [1.807, 2.05) is 6.07 Å². The van der Waals surface area contributed by atoms with Gasteiger partial charge in [-0.3, -0.25) is 4.79 Å². The summed E-state index contributed by atoms with van der Waals surface area (Å²) in [5, 5.41) is 9.04. The van der Waals surface area contributed by atoms with Gasteiger partial charge in [-0.1, -0.05) is 57.0 Å². The third kappa shape index (κ3) is 8.51. The number of hydrogen-bond acceptors (Lipinski definition) is 2. The molecule has 0 radical (unpaired) electrons. The van der Waals surface area contributed by atoms with Crippen molar-refractivity contribution >= 4 is 5.97 Å². The summed E-state index contributed by atoms with van der Waals surface area (Å²) < 4.78 is 0. The van der Waals surface area contributed by atoms with E-state index >= 15 is 0 Å². The van der Waals surface area contributed by atoms with Crippen LogP contribution in [-0.2, 0) is 11.2 Å². The minimum atomic E-state index is -0.656. The van der Waals surface area contributed by atoms with E-state index in [0.29, 0.717) is 18.3 Å². The third-order valence-corrected chi connectivity index (χ3v) is 4.34. The fourth-order valence-electron chi connectivity index (χ4n) is 3.08. The predicted molar refractivity (Wildman–Crippen MR) is 97.8 cm³/mol. The van der Waals surface area contributed by atoms with Crippen molar-refractivity contribution in [2.75, 3.05) is 0 Å². The van der Waals surface area contributed by atoms with Crippen molar-refractivity contribution in [3.05, 3.63) is 54.6 Å². The molecule has 2 N–H and O–H groups in total. The molecule has 1 heterocycles. The van der Waals surface area contributed by atoms with Gasteiger partial charge in [0, 0.05) is 18.8 Å². The highest BCUT2D eigenvalue weighted by Gasteiger charge is 2.21. The summed E-state index contributed by atoms with van der Waals surface area (Å²) in [7, 11) is 0. The summed E-state index contributed by atoms with van der Waals surface area (Å²) in [6, 6.07) is 10.5. The molecule has 0 fully saturated rings. The second-order valence-electron chi connectivity index (χ2n) is 6.10. The molecule has 0 spiro atoms. The van der Waals surface area contributed by atoms with Crippen LogP contribution in [0.5, 0.6) is 0 Å². The van der Waals surface area contributed by atoms with Gasteiger partial charge in [0.25, 0.3) is 0 Å². The number of aromatic amines is 1. The third-order valence-electron chi connectivity index (χ3n) is 4.34. The van der Waals surface area contributed by atoms with Crippen LogP contribution >= 0.6 is 0 Å². The zero-order valence-corrected chi connectivity index (χ0v) is 14.8. The van der Waals surface area contributed by atoms with Gasteiger partial charge in [0.2, 0.25) is 0 Å². The molecule has 1 aromatic heterocycles. The Kier molecular flexibility index (Phi) is 10.3. The summed E-state index contributed by atoms with van der Waals surface area (Å²) in [4.78, 5) is 17.4. The van der Waals surface area contributed by atoms with E-state index < -0.39 is 5.97 Å². The molecular weight excluding hydrogens is 300 g/mol. The Morgan fingerprint density at radius 3 is 2.38 bits per heavy atom. The molecule has 2 atom stereocenters. The number of benzene rings is 1. The standard InChI is InChI=1S/C17H26O2.C3H4N2/c1-3-8-16(13-17(18)19)15(4-2)12-11-14-9-6-5-7-10-14;1-2-5-3-4-1/h5-7,9-10,15-16H,3-4,8,11-13H2,1-2H3,(H,18,19);1-3H,(H,4,5). The zero-order chi connectivity index (χ0) is 17.6. The number of rotatable bonds is 9. The smallest absolute Gasteiger partial charge is 0.303 e. The topological polar surface area (TPSA) is 66.0 Å². The average Bonchev–Trinajstić information content (AvgIpc) is 3.16. The first-order valence-electron chi connectivity index (χ1n) is 8.85. The summed E-state index contributed by atoms with van der Waals surface area (Å²) in [6.45, 7) is 4.32. The van der Waals surface area contributed by atoms with Crippen LogP contribution in [0.4, 0.5) is 0 Å². The molecule has 24 heavy (non-hydrogen) atoms. The lowest BCUT2D eigenvalue weighted by Gasteiger charge is -2.24. The predicted octanol–water partition coefficient (Wildman–Crippen LogP) is 4.95. The number of nitrogens with one attached hydrogen (secondary N) is 1. The maximum atomic E-state index is 11.0. The van der Waals surface area contributed by atoms with Crippen LogP contribution in [0.15, 0.2) is 49.1 Å². The molecule has 0 aliphatic heterocycles. The van der Waals surface area contributed by atoms with Crippen LogP contribution in [0.2, 0.25) is 0 Å². The summed E-state index contributed by atoms with van der Waals surface area (Å²) in [5.74, 6) is 0.198. The number of carboxylic acids is 1. The van der Waals surface area contributed by atoms with Crippen molar-refractivity contribution in [2.24, 2.45) is 11.8 Å². The summed E-state index contributed by atoms with van der Waals surface area (Å²) in [6.07, 6.45) is 10.7. The minimum Gasteiger partial charge on any atom is -0.481 e. The van der Waals surface area contributed by atoms with Crippen molar-refractivity contribution in [3.8, 4) is 0 Å². The van der Waals surface area contributed by atoms with Crippen LogP contribution in [0.3, 0.4) is 0 Å². The van der Waals surface area contributed by atoms with Crippen molar-refractivity contribution in [2.45, 2.75) is 52.4 Å². The minimum absolute atomic E-state index is 0.321. The van der Waals surface area contributed by atoms with E-state index in [-0.39, 0.29) is 0 Å². The second kappa shape index (κ2) is 12.3. The van der Waals surface area contributed by atoms with E-state index in [1.165, 1.54) is 5.56 Å². The molecule has 0 aliphatic rings. The van der Waals surface area contributed by atoms with Crippen molar-refractivity contribution in [1.29, 1.82) is 0 Å². The van der Waals surface area contributed by atoms with Crippen molar-refractivity contribution in [1.82, 2.24) is 9.97 Å². The van der Waals surface area contributed by atoms with Crippen molar-refractivity contribution in [3.63, 3.8) is 0 Å². The van der Waals surface area contributed by atoms with Crippen LogP contribution in [-0.4, -0.2) is 21.0 Å². The Balaban J connectivity index is 0.000000488. The number of aliphatic carboxylic acids is 1. The van der Waals surface area contributed by atoms with Gasteiger partial charge in [-0.05, 0) is 36.7 Å². The van der Waals surface area contributed by atoms with E-state index in [1.54, 1.807) is 18.7 Å². The molecule has 4 heteroatoms. The lowest BCUT2D eigenvalue weighted by molar-refractivity contribution is -0.138.